The Morgan fingerprint density at radius 3 is 2.52 bits per heavy atom. The molecule has 0 amide bonds. The molecule has 0 aromatic rings. The van der Waals surface area contributed by atoms with Gasteiger partial charge < -0.3 is 4.74 Å². The Morgan fingerprint density at radius 1 is 0.857 bits per heavy atom. The van der Waals surface area contributed by atoms with E-state index in [2.05, 4.69) is 13.8 Å². The summed E-state index contributed by atoms with van der Waals surface area (Å²) in [6, 6.07) is 0. The van der Waals surface area contributed by atoms with E-state index in [9.17, 15) is 0 Å². The van der Waals surface area contributed by atoms with Crippen LogP contribution >= 0.6 is 0 Å². The van der Waals surface area contributed by atoms with Gasteiger partial charge in [-0.2, -0.15) is 0 Å². The maximum atomic E-state index is 5.71. The molecule has 0 radical (unpaired) electrons. The summed E-state index contributed by atoms with van der Waals surface area (Å²) in [5.74, 6) is 4.11. The molecular weight excluding hydrogens is 256 g/mol. The Morgan fingerprint density at radius 2 is 1.71 bits per heavy atom. The van der Waals surface area contributed by atoms with E-state index in [1.54, 1.807) is 6.42 Å². The summed E-state index contributed by atoms with van der Waals surface area (Å²) in [5.41, 5.74) is 1.36. The normalized spacial score (nSPS) is 56.4. The number of hydrogen-bond donors (Lipinski definition) is 0. The second-order valence-corrected chi connectivity index (χ2v) is 9.37. The average Bonchev–Trinajstić information content (AvgIpc) is 2.88. The smallest absolute Gasteiger partial charge is 0.0574 e. The SMILES string of the molecule is COC1CC[C@@]2(C)[C@H](CC[C@H]3[C@@H]4CCC[C@@]4(C)CC[C@@H]32)C1. The summed E-state index contributed by atoms with van der Waals surface area (Å²) < 4.78 is 5.71. The summed E-state index contributed by atoms with van der Waals surface area (Å²) in [6.07, 6.45) is 15.3. The van der Waals surface area contributed by atoms with Crippen LogP contribution in [0.25, 0.3) is 0 Å². The zero-order valence-electron chi connectivity index (χ0n) is 14.4. The molecule has 4 saturated carbocycles. The van der Waals surface area contributed by atoms with Gasteiger partial charge in [0.05, 0.1) is 6.10 Å². The van der Waals surface area contributed by atoms with Crippen molar-refractivity contribution in [1.29, 1.82) is 0 Å². The van der Waals surface area contributed by atoms with Gasteiger partial charge in [0.1, 0.15) is 0 Å². The van der Waals surface area contributed by atoms with E-state index in [0.29, 0.717) is 16.9 Å². The highest BCUT2D eigenvalue weighted by Crippen LogP contribution is 2.66. The van der Waals surface area contributed by atoms with Crippen molar-refractivity contribution in [3.05, 3.63) is 0 Å². The molecule has 4 rings (SSSR count). The van der Waals surface area contributed by atoms with E-state index in [0.717, 1.165) is 23.7 Å². The molecule has 1 unspecified atom stereocenters. The van der Waals surface area contributed by atoms with Crippen LogP contribution in [0.1, 0.15) is 78.1 Å². The molecule has 0 saturated heterocycles. The van der Waals surface area contributed by atoms with E-state index in [4.69, 9.17) is 4.74 Å². The quantitative estimate of drug-likeness (QED) is 0.625. The van der Waals surface area contributed by atoms with Gasteiger partial charge in [0.15, 0.2) is 0 Å². The van der Waals surface area contributed by atoms with Crippen LogP contribution in [-0.2, 0) is 4.74 Å². The number of ether oxygens (including phenoxy) is 1. The molecule has 4 aliphatic carbocycles. The van der Waals surface area contributed by atoms with Crippen molar-refractivity contribution in [2.75, 3.05) is 7.11 Å². The first-order valence-corrected chi connectivity index (χ1v) is 9.60. The molecule has 1 heteroatoms. The highest BCUT2D eigenvalue weighted by Gasteiger charge is 2.57. The maximum Gasteiger partial charge on any atom is 0.0574 e. The molecule has 0 heterocycles. The van der Waals surface area contributed by atoms with E-state index < -0.39 is 0 Å². The van der Waals surface area contributed by atoms with Crippen molar-refractivity contribution in [2.45, 2.75) is 84.2 Å². The van der Waals surface area contributed by atoms with Gasteiger partial charge in [-0.25, -0.2) is 0 Å². The number of fused-ring (bicyclic) bond motifs is 5. The van der Waals surface area contributed by atoms with Crippen LogP contribution in [0.5, 0.6) is 0 Å². The minimum absolute atomic E-state index is 0.556. The van der Waals surface area contributed by atoms with Crippen LogP contribution < -0.4 is 0 Å². The van der Waals surface area contributed by atoms with Gasteiger partial charge in [0.25, 0.3) is 0 Å². The zero-order valence-corrected chi connectivity index (χ0v) is 14.4. The molecule has 0 N–H and O–H groups in total. The molecule has 7 atom stereocenters. The van der Waals surface area contributed by atoms with Crippen LogP contribution in [0.2, 0.25) is 0 Å². The highest BCUT2D eigenvalue weighted by atomic mass is 16.5. The van der Waals surface area contributed by atoms with Crippen molar-refractivity contribution < 1.29 is 4.74 Å². The fourth-order valence-corrected chi connectivity index (χ4v) is 7.43. The predicted octanol–water partition coefficient (Wildman–Crippen LogP) is 5.43. The molecule has 0 spiro atoms. The molecule has 120 valence electrons. The second-order valence-electron chi connectivity index (χ2n) is 9.37. The summed E-state index contributed by atoms with van der Waals surface area (Å²) in [4.78, 5) is 0. The lowest BCUT2D eigenvalue weighted by Gasteiger charge is -2.60. The van der Waals surface area contributed by atoms with E-state index >= 15 is 0 Å². The lowest BCUT2D eigenvalue weighted by Crippen LogP contribution is -2.53. The minimum Gasteiger partial charge on any atom is -0.381 e. The lowest BCUT2D eigenvalue weighted by molar-refractivity contribution is -0.125. The third-order valence-electron chi connectivity index (χ3n) is 8.73. The number of hydrogen-bond acceptors (Lipinski definition) is 1. The van der Waals surface area contributed by atoms with Crippen molar-refractivity contribution in [2.24, 2.45) is 34.5 Å². The van der Waals surface area contributed by atoms with E-state index in [1.165, 1.54) is 57.8 Å². The van der Waals surface area contributed by atoms with E-state index in [1.807, 2.05) is 7.11 Å². The predicted molar refractivity (Wildman–Crippen MR) is 87.1 cm³/mol. The Hall–Kier alpha value is -0.0400. The zero-order chi connectivity index (χ0) is 14.7. The van der Waals surface area contributed by atoms with Crippen molar-refractivity contribution in [3.63, 3.8) is 0 Å². The Kier molecular flexibility index (Phi) is 3.45. The van der Waals surface area contributed by atoms with Crippen molar-refractivity contribution in [1.82, 2.24) is 0 Å². The first kappa shape index (κ1) is 14.5. The Balaban J connectivity index is 1.59. The van der Waals surface area contributed by atoms with Crippen LogP contribution in [0.4, 0.5) is 0 Å². The lowest BCUT2D eigenvalue weighted by atomic mass is 9.45. The van der Waals surface area contributed by atoms with Crippen LogP contribution in [0.3, 0.4) is 0 Å². The van der Waals surface area contributed by atoms with Gasteiger partial charge in [-0.15, -0.1) is 0 Å². The Labute approximate surface area is 131 Å². The summed E-state index contributed by atoms with van der Waals surface area (Å²) in [7, 11) is 1.92. The third-order valence-corrected chi connectivity index (χ3v) is 8.73. The third kappa shape index (κ3) is 2.06. The first-order chi connectivity index (χ1) is 10.1. The van der Waals surface area contributed by atoms with Crippen molar-refractivity contribution >= 4 is 0 Å². The molecule has 0 aliphatic heterocycles. The molecule has 21 heavy (non-hydrogen) atoms. The maximum absolute atomic E-state index is 5.71. The average molecular weight is 290 g/mol. The minimum atomic E-state index is 0.556. The standard InChI is InChI=1S/C20H34O/c1-19-10-4-5-17(19)16-7-6-14-13-15(21-3)8-12-20(14,2)18(16)9-11-19/h14-18H,4-13H2,1-3H3/t14-,15?,16+,17+,18+,19+,20+/m1/s1. The summed E-state index contributed by atoms with van der Waals surface area (Å²) >= 11 is 0. The largest absolute Gasteiger partial charge is 0.381 e. The van der Waals surface area contributed by atoms with E-state index in [-0.39, 0.29) is 0 Å². The van der Waals surface area contributed by atoms with Gasteiger partial charge >= 0.3 is 0 Å². The van der Waals surface area contributed by atoms with Gasteiger partial charge in [-0.05, 0) is 92.3 Å². The Bertz CT molecular complexity index is 405. The number of rotatable bonds is 1. The molecule has 1 nitrogen and oxygen atoms in total. The number of methoxy groups -OCH3 is 1. The molecular formula is C20H34O. The van der Waals surface area contributed by atoms with Gasteiger partial charge in [0.2, 0.25) is 0 Å². The molecule has 0 aromatic carbocycles. The monoisotopic (exact) mass is 290 g/mol. The topological polar surface area (TPSA) is 9.23 Å². The fraction of sp³-hybridized carbons (Fsp3) is 1.00. The molecule has 4 fully saturated rings. The molecule has 4 aliphatic rings. The van der Waals surface area contributed by atoms with Crippen LogP contribution in [0, 0.1) is 34.5 Å². The molecule has 0 aromatic heterocycles. The fourth-order valence-electron chi connectivity index (χ4n) is 7.43. The summed E-state index contributed by atoms with van der Waals surface area (Å²) in [6.45, 7) is 5.29. The highest BCUT2D eigenvalue weighted by molar-refractivity contribution is 5.07. The van der Waals surface area contributed by atoms with Crippen LogP contribution in [0.15, 0.2) is 0 Å². The van der Waals surface area contributed by atoms with Gasteiger partial charge in [0, 0.05) is 7.11 Å². The second kappa shape index (κ2) is 4.98. The van der Waals surface area contributed by atoms with Crippen LogP contribution in [-0.4, -0.2) is 13.2 Å². The first-order valence-electron chi connectivity index (χ1n) is 9.60. The van der Waals surface area contributed by atoms with Crippen molar-refractivity contribution in [3.8, 4) is 0 Å². The van der Waals surface area contributed by atoms with Gasteiger partial charge in [-0.3, -0.25) is 0 Å². The molecule has 0 bridgehead atoms. The van der Waals surface area contributed by atoms with Gasteiger partial charge in [-0.1, -0.05) is 20.3 Å². The summed E-state index contributed by atoms with van der Waals surface area (Å²) in [5, 5.41) is 0.